The monoisotopic (exact) mass is 310 g/mol. The highest BCUT2D eigenvalue weighted by molar-refractivity contribution is 6.33. The van der Waals surface area contributed by atoms with E-state index >= 15 is 0 Å². The Kier molecular flexibility index (Phi) is 5.05. The van der Waals surface area contributed by atoms with Crippen LogP contribution in [0.15, 0.2) is 30.5 Å². The number of esters is 1. The molecule has 2 aromatic rings. The van der Waals surface area contributed by atoms with E-state index in [-0.39, 0.29) is 29.7 Å². The van der Waals surface area contributed by atoms with Crippen molar-refractivity contribution in [1.82, 2.24) is 9.97 Å². The number of hydrogen-bond acceptors (Lipinski definition) is 5. The summed E-state index contributed by atoms with van der Waals surface area (Å²) in [6.45, 7) is 1.61. The van der Waals surface area contributed by atoms with Gasteiger partial charge in [-0.3, -0.25) is 0 Å². The summed E-state index contributed by atoms with van der Waals surface area (Å²) < 4.78 is 23.4. The van der Waals surface area contributed by atoms with E-state index in [1.54, 1.807) is 19.1 Å². The standard InChI is InChI=1S/C14H12ClFN2O3/c1-9-17-8-10(15)13(18-9)14(19)21-7-6-20-12-5-3-2-4-11(12)16/h2-5,8H,6-7H2,1H3. The second-order valence-corrected chi connectivity index (χ2v) is 4.44. The van der Waals surface area contributed by atoms with E-state index in [2.05, 4.69) is 9.97 Å². The normalized spacial score (nSPS) is 10.2. The van der Waals surface area contributed by atoms with E-state index in [4.69, 9.17) is 21.1 Å². The SMILES string of the molecule is Cc1ncc(Cl)c(C(=O)OCCOc2ccccc2F)n1. The lowest BCUT2D eigenvalue weighted by Gasteiger charge is -2.08. The fourth-order valence-electron chi connectivity index (χ4n) is 1.51. The predicted molar refractivity (Wildman–Crippen MR) is 74.0 cm³/mol. The Morgan fingerprint density at radius 2 is 2.10 bits per heavy atom. The van der Waals surface area contributed by atoms with E-state index in [9.17, 15) is 9.18 Å². The second-order valence-electron chi connectivity index (χ2n) is 4.03. The Balaban J connectivity index is 1.85. The van der Waals surface area contributed by atoms with Crippen molar-refractivity contribution in [2.24, 2.45) is 0 Å². The highest BCUT2D eigenvalue weighted by atomic mass is 35.5. The minimum absolute atomic E-state index is 0.00458. The zero-order chi connectivity index (χ0) is 15.2. The highest BCUT2D eigenvalue weighted by Crippen LogP contribution is 2.15. The van der Waals surface area contributed by atoms with Crippen molar-refractivity contribution in [3.05, 3.63) is 52.8 Å². The third-order valence-electron chi connectivity index (χ3n) is 2.47. The number of nitrogens with zero attached hydrogens (tertiary/aromatic N) is 2. The van der Waals surface area contributed by atoms with Gasteiger partial charge in [0.25, 0.3) is 0 Å². The Labute approximate surface area is 125 Å². The average Bonchev–Trinajstić information content (AvgIpc) is 2.47. The minimum Gasteiger partial charge on any atom is -0.487 e. The molecule has 1 aromatic carbocycles. The molecule has 0 bridgehead atoms. The molecule has 0 aliphatic carbocycles. The summed E-state index contributed by atoms with van der Waals surface area (Å²) in [4.78, 5) is 19.5. The predicted octanol–water partition coefficient (Wildman–Crippen LogP) is 2.81. The molecule has 0 saturated heterocycles. The molecule has 0 unspecified atom stereocenters. The van der Waals surface area contributed by atoms with E-state index < -0.39 is 11.8 Å². The summed E-state index contributed by atoms with van der Waals surface area (Å²) in [5, 5.41) is 0.112. The maximum Gasteiger partial charge on any atom is 0.358 e. The molecule has 0 fully saturated rings. The first-order valence-corrected chi connectivity index (χ1v) is 6.49. The van der Waals surface area contributed by atoms with Gasteiger partial charge in [-0.2, -0.15) is 0 Å². The molecular formula is C14H12ClFN2O3. The quantitative estimate of drug-likeness (QED) is 0.628. The molecule has 0 N–H and O–H groups in total. The Hall–Kier alpha value is -2.21. The number of hydrogen-bond donors (Lipinski definition) is 0. The Morgan fingerprint density at radius 1 is 1.33 bits per heavy atom. The summed E-state index contributed by atoms with van der Waals surface area (Å²) in [6.07, 6.45) is 1.33. The maximum atomic E-state index is 13.3. The lowest BCUT2D eigenvalue weighted by atomic mass is 10.3. The van der Waals surface area contributed by atoms with Gasteiger partial charge in [0.2, 0.25) is 0 Å². The van der Waals surface area contributed by atoms with E-state index in [1.807, 2.05) is 0 Å². The van der Waals surface area contributed by atoms with Crippen LogP contribution in [0.3, 0.4) is 0 Å². The largest absolute Gasteiger partial charge is 0.487 e. The van der Waals surface area contributed by atoms with Gasteiger partial charge in [0, 0.05) is 0 Å². The number of carbonyl (C=O) groups is 1. The number of para-hydroxylation sites is 1. The molecule has 21 heavy (non-hydrogen) atoms. The summed E-state index contributed by atoms with van der Waals surface area (Å²) in [6, 6.07) is 5.97. The van der Waals surface area contributed by atoms with Crippen molar-refractivity contribution >= 4 is 17.6 Å². The van der Waals surface area contributed by atoms with Crippen LogP contribution in [0, 0.1) is 12.7 Å². The summed E-state index contributed by atoms with van der Waals surface area (Å²) in [7, 11) is 0. The first-order valence-electron chi connectivity index (χ1n) is 6.11. The molecule has 2 rings (SSSR count). The number of aromatic nitrogens is 2. The van der Waals surface area contributed by atoms with Crippen molar-refractivity contribution in [2.75, 3.05) is 13.2 Å². The molecule has 7 heteroatoms. The van der Waals surface area contributed by atoms with Gasteiger partial charge in [-0.25, -0.2) is 19.2 Å². The van der Waals surface area contributed by atoms with Crippen LogP contribution in [0.1, 0.15) is 16.3 Å². The number of halogens is 2. The smallest absolute Gasteiger partial charge is 0.358 e. The van der Waals surface area contributed by atoms with Gasteiger partial charge in [0.05, 0.1) is 11.2 Å². The molecule has 0 radical (unpaired) electrons. The number of rotatable bonds is 5. The number of aryl methyl sites for hydroxylation is 1. The van der Waals surface area contributed by atoms with Crippen LogP contribution in [0.4, 0.5) is 4.39 Å². The zero-order valence-corrected chi connectivity index (χ0v) is 11.9. The number of carbonyl (C=O) groups excluding carboxylic acids is 1. The van der Waals surface area contributed by atoms with Crippen molar-refractivity contribution in [2.45, 2.75) is 6.92 Å². The maximum absolute atomic E-state index is 13.3. The lowest BCUT2D eigenvalue weighted by molar-refractivity contribution is 0.0441. The Morgan fingerprint density at radius 3 is 2.86 bits per heavy atom. The van der Waals surface area contributed by atoms with Crippen LogP contribution >= 0.6 is 11.6 Å². The molecular weight excluding hydrogens is 299 g/mol. The molecule has 1 aromatic heterocycles. The zero-order valence-electron chi connectivity index (χ0n) is 11.2. The number of benzene rings is 1. The molecule has 1 heterocycles. The lowest BCUT2D eigenvalue weighted by Crippen LogP contribution is -2.15. The molecule has 0 aliphatic rings. The molecule has 5 nitrogen and oxygen atoms in total. The van der Waals surface area contributed by atoms with Crippen LogP contribution in [0.2, 0.25) is 5.02 Å². The van der Waals surface area contributed by atoms with Crippen molar-refractivity contribution in [3.63, 3.8) is 0 Å². The first kappa shape index (κ1) is 15.2. The topological polar surface area (TPSA) is 61.3 Å². The molecule has 0 amide bonds. The minimum atomic E-state index is -0.678. The third-order valence-corrected chi connectivity index (χ3v) is 2.75. The highest BCUT2D eigenvalue weighted by Gasteiger charge is 2.14. The second kappa shape index (κ2) is 6.99. The Bertz CT molecular complexity index is 652. The van der Waals surface area contributed by atoms with Gasteiger partial charge in [0.15, 0.2) is 17.3 Å². The van der Waals surface area contributed by atoms with Crippen LogP contribution in [-0.4, -0.2) is 29.2 Å². The van der Waals surface area contributed by atoms with Gasteiger partial charge in [-0.15, -0.1) is 0 Å². The van der Waals surface area contributed by atoms with Gasteiger partial charge in [-0.05, 0) is 19.1 Å². The molecule has 0 aliphatic heterocycles. The van der Waals surface area contributed by atoms with Crippen LogP contribution < -0.4 is 4.74 Å². The van der Waals surface area contributed by atoms with Gasteiger partial charge in [0.1, 0.15) is 19.0 Å². The molecule has 0 saturated carbocycles. The molecule has 0 spiro atoms. The van der Waals surface area contributed by atoms with Gasteiger partial charge >= 0.3 is 5.97 Å². The molecule has 0 atom stereocenters. The summed E-state index contributed by atoms with van der Waals surface area (Å²) >= 11 is 5.81. The van der Waals surface area contributed by atoms with E-state index in [0.717, 1.165) is 0 Å². The van der Waals surface area contributed by atoms with Crippen molar-refractivity contribution in [3.8, 4) is 5.75 Å². The summed E-state index contributed by atoms with van der Waals surface area (Å²) in [5.74, 6) is -0.639. The van der Waals surface area contributed by atoms with Crippen LogP contribution in [-0.2, 0) is 4.74 Å². The van der Waals surface area contributed by atoms with Crippen LogP contribution in [0.5, 0.6) is 5.75 Å². The third kappa shape index (κ3) is 4.13. The van der Waals surface area contributed by atoms with Crippen LogP contribution in [0.25, 0.3) is 0 Å². The fraction of sp³-hybridized carbons (Fsp3) is 0.214. The van der Waals surface area contributed by atoms with Crippen molar-refractivity contribution in [1.29, 1.82) is 0 Å². The van der Waals surface area contributed by atoms with Crippen molar-refractivity contribution < 1.29 is 18.7 Å². The fourth-order valence-corrected chi connectivity index (χ4v) is 1.68. The molecule has 110 valence electrons. The summed E-state index contributed by atoms with van der Waals surface area (Å²) in [5.41, 5.74) is -0.00458. The van der Waals surface area contributed by atoms with Gasteiger partial charge in [-0.1, -0.05) is 23.7 Å². The first-order chi connectivity index (χ1) is 10.1. The average molecular weight is 311 g/mol. The van der Waals surface area contributed by atoms with E-state index in [0.29, 0.717) is 5.82 Å². The van der Waals surface area contributed by atoms with Gasteiger partial charge < -0.3 is 9.47 Å². The van der Waals surface area contributed by atoms with E-state index in [1.165, 1.54) is 18.3 Å². The number of ether oxygens (including phenoxy) is 2.